The number of carbonyl (C=O) groups excluding carboxylic acids is 2. The molecule has 0 aliphatic carbocycles. The first-order valence-electron chi connectivity index (χ1n) is 7.46. The molecule has 124 valence electrons. The van der Waals surface area contributed by atoms with Gasteiger partial charge in [0, 0.05) is 31.0 Å². The van der Waals surface area contributed by atoms with E-state index < -0.39 is 5.97 Å². The molecule has 0 saturated carbocycles. The Morgan fingerprint density at radius 1 is 1.43 bits per heavy atom. The standard InChI is InChI=1S/C16H20N2O4S/c1-2-18-8-12(7-14(18)19)16(22)17-13-5-3-4-11(6-13)9-23-10-15(20)21/h3-6,12H,2,7-10H2,1H3,(H,17,22)(H,20,21). The molecule has 2 N–H and O–H groups in total. The van der Waals surface area contributed by atoms with Crippen molar-refractivity contribution in [3.63, 3.8) is 0 Å². The Morgan fingerprint density at radius 2 is 2.22 bits per heavy atom. The van der Waals surface area contributed by atoms with Gasteiger partial charge in [0.05, 0.1) is 11.7 Å². The van der Waals surface area contributed by atoms with E-state index in [-0.39, 0.29) is 29.9 Å². The van der Waals surface area contributed by atoms with Crippen molar-refractivity contribution in [1.29, 1.82) is 0 Å². The fourth-order valence-electron chi connectivity index (χ4n) is 2.49. The van der Waals surface area contributed by atoms with Crippen LogP contribution in [0.4, 0.5) is 5.69 Å². The molecule has 7 heteroatoms. The van der Waals surface area contributed by atoms with Gasteiger partial charge < -0.3 is 15.3 Å². The van der Waals surface area contributed by atoms with Gasteiger partial charge in [0.1, 0.15) is 0 Å². The number of thioether (sulfide) groups is 1. The summed E-state index contributed by atoms with van der Waals surface area (Å²) >= 11 is 1.31. The maximum absolute atomic E-state index is 12.3. The minimum atomic E-state index is -0.842. The molecule has 2 rings (SSSR count). The molecule has 6 nitrogen and oxygen atoms in total. The van der Waals surface area contributed by atoms with E-state index >= 15 is 0 Å². The second-order valence-electron chi connectivity index (χ2n) is 5.41. The van der Waals surface area contributed by atoms with E-state index in [4.69, 9.17) is 5.11 Å². The Labute approximate surface area is 139 Å². The third-order valence-corrected chi connectivity index (χ3v) is 4.64. The predicted molar refractivity (Wildman–Crippen MR) is 89.2 cm³/mol. The Balaban J connectivity index is 1.91. The van der Waals surface area contributed by atoms with Gasteiger partial charge in [-0.15, -0.1) is 11.8 Å². The predicted octanol–water partition coefficient (Wildman–Crippen LogP) is 1.81. The van der Waals surface area contributed by atoms with Gasteiger partial charge in [-0.1, -0.05) is 12.1 Å². The number of benzene rings is 1. The van der Waals surface area contributed by atoms with Gasteiger partial charge in [-0.3, -0.25) is 14.4 Å². The van der Waals surface area contributed by atoms with Crippen molar-refractivity contribution in [2.75, 3.05) is 24.2 Å². The molecule has 1 unspecified atom stereocenters. The number of carboxylic acid groups (broad SMARTS) is 1. The van der Waals surface area contributed by atoms with E-state index in [1.807, 2.05) is 25.1 Å². The fourth-order valence-corrected chi connectivity index (χ4v) is 3.18. The Kier molecular flexibility index (Phi) is 6.04. The number of hydrogen-bond acceptors (Lipinski definition) is 4. The van der Waals surface area contributed by atoms with Gasteiger partial charge in [0.2, 0.25) is 11.8 Å². The summed E-state index contributed by atoms with van der Waals surface area (Å²) in [5, 5.41) is 11.5. The van der Waals surface area contributed by atoms with E-state index in [2.05, 4.69) is 5.32 Å². The van der Waals surface area contributed by atoms with Crippen molar-refractivity contribution >= 4 is 35.2 Å². The summed E-state index contributed by atoms with van der Waals surface area (Å²) in [5.41, 5.74) is 1.62. The first kappa shape index (κ1) is 17.3. The van der Waals surface area contributed by atoms with Crippen LogP contribution in [0.2, 0.25) is 0 Å². The SMILES string of the molecule is CCN1CC(C(=O)Nc2cccc(CSCC(=O)O)c2)CC1=O. The average molecular weight is 336 g/mol. The second kappa shape index (κ2) is 8.01. The zero-order valence-corrected chi connectivity index (χ0v) is 13.8. The topological polar surface area (TPSA) is 86.7 Å². The van der Waals surface area contributed by atoms with Crippen molar-refractivity contribution in [2.45, 2.75) is 19.1 Å². The number of hydrogen-bond donors (Lipinski definition) is 2. The number of nitrogens with zero attached hydrogens (tertiary/aromatic N) is 1. The van der Waals surface area contributed by atoms with Crippen LogP contribution in [0.5, 0.6) is 0 Å². The average Bonchev–Trinajstić information content (AvgIpc) is 2.88. The van der Waals surface area contributed by atoms with Gasteiger partial charge in [-0.25, -0.2) is 0 Å². The van der Waals surface area contributed by atoms with Crippen molar-refractivity contribution in [2.24, 2.45) is 5.92 Å². The lowest BCUT2D eigenvalue weighted by Gasteiger charge is -2.14. The molecule has 1 aliphatic rings. The van der Waals surface area contributed by atoms with Crippen LogP contribution in [0.3, 0.4) is 0 Å². The summed E-state index contributed by atoms with van der Waals surface area (Å²) in [5.74, 6) is -0.663. The molecule has 0 aromatic heterocycles. The minimum absolute atomic E-state index is 0.0199. The number of likely N-dealkylation sites (tertiary alicyclic amines) is 1. The third kappa shape index (κ3) is 4.99. The van der Waals surface area contributed by atoms with Gasteiger partial charge in [0.25, 0.3) is 0 Å². The molecule has 0 bridgehead atoms. The lowest BCUT2D eigenvalue weighted by atomic mass is 10.1. The Morgan fingerprint density at radius 3 is 2.87 bits per heavy atom. The largest absolute Gasteiger partial charge is 0.481 e. The maximum atomic E-state index is 12.3. The number of aliphatic carboxylic acids is 1. The zero-order chi connectivity index (χ0) is 16.8. The minimum Gasteiger partial charge on any atom is -0.481 e. The first-order chi connectivity index (χ1) is 11.0. The number of carbonyl (C=O) groups is 3. The van der Waals surface area contributed by atoms with Gasteiger partial charge >= 0.3 is 5.97 Å². The van der Waals surface area contributed by atoms with Crippen LogP contribution in [-0.2, 0) is 20.1 Å². The molecule has 0 spiro atoms. The highest BCUT2D eigenvalue weighted by molar-refractivity contribution is 7.99. The molecule has 23 heavy (non-hydrogen) atoms. The monoisotopic (exact) mass is 336 g/mol. The van der Waals surface area contributed by atoms with E-state index in [9.17, 15) is 14.4 Å². The molecular formula is C16H20N2O4S. The fraction of sp³-hybridized carbons (Fsp3) is 0.438. The lowest BCUT2D eigenvalue weighted by molar-refractivity contribution is -0.134. The molecule has 1 fully saturated rings. The van der Waals surface area contributed by atoms with Crippen LogP contribution in [-0.4, -0.2) is 46.6 Å². The normalized spacial score (nSPS) is 17.3. The first-order valence-corrected chi connectivity index (χ1v) is 8.62. The molecular weight excluding hydrogens is 316 g/mol. The number of rotatable bonds is 7. The van der Waals surface area contributed by atoms with E-state index in [1.54, 1.807) is 11.0 Å². The third-order valence-electron chi connectivity index (χ3n) is 3.66. The smallest absolute Gasteiger partial charge is 0.313 e. The summed E-state index contributed by atoms with van der Waals surface area (Å²) in [4.78, 5) is 36.2. The summed E-state index contributed by atoms with van der Waals surface area (Å²) in [6, 6.07) is 7.34. The van der Waals surface area contributed by atoms with E-state index in [0.717, 1.165) is 5.56 Å². The summed E-state index contributed by atoms with van der Waals surface area (Å²) in [6.45, 7) is 2.99. The van der Waals surface area contributed by atoms with Gasteiger partial charge in [0.15, 0.2) is 0 Å². The summed E-state index contributed by atoms with van der Waals surface area (Å²) in [6.07, 6.45) is 0.258. The maximum Gasteiger partial charge on any atom is 0.313 e. The highest BCUT2D eigenvalue weighted by Crippen LogP contribution is 2.21. The summed E-state index contributed by atoms with van der Waals surface area (Å²) in [7, 11) is 0. The zero-order valence-electron chi connectivity index (χ0n) is 12.9. The van der Waals surface area contributed by atoms with Crippen molar-refractivity contribution in [3.8, 4) is 0 Å². The van der Waals surface area contributed by atoms with Crippen molar-refractivity contribution in [3.05, 3.63) is 29.8 Å². The van der Waals surface area contributed by atoms with Crippen LogP contribution < -0.4 is 5.32 Å². The second-order valence-corrected chi connectivity index (χ2v) is 6.40. The van der Waals surface area contributed by atoms with Crippen LogP contribution in [0.1, 0.15) is 18.9 Å². The molecule has 1 saturated heterocycles. The molecule has 1 heterocycles. The van der Waals surface area contributed by atoms with E-state index in [1.165, 1.54) is 11.8 Å². The van der Waals surface area contributed by atoms with Gasteiger partial charge in [-0.2, -0.15) is 0 Å². The van der Waals surface area contributed by atoms with Crippen LogP contribution in [0, 0.1) is 5.92 Å². The number of anilines is 1. The molecule has 0 radical (unpaired) electrons. The summed E-state index contributed by atoms with van der Waals surface area (Å²) < 4.78 is 0. The van der Waals surface area contributed by atoms with Crippen molar-refractivity contribution < 1.29 is 19.5 Å². The molecule has 1 aromatic rings. The quantitative estimate of drug-likeness (QED) is 0.793. The molecule has 2 amide bonds. The van der Waals surface area contributed by atoms with Gasteiger partial charge in [-0.05, 0) is 24.6 Å². The Hall–Kier alpha value is -2.02. The van der Waals surface area contributed by atoms with Crippen molar-refractivity contribution in [1.82, 2.24) is 4.90 Å². The lowest BCUT2D eigenvalue weighted by Crippen LogP contribution is -2.28. The molecule has 1 atom stereocenters. The number of carboxylic acids is 1. The number of nitrogens with one attached hydrogen (secondary N) is 1. The van der Waals surface area contributed by atoms with Crippen LogP contribution in [0.25, 0.3) is 0 Å². The molecule has 1 aliphatic heterocycles. The van der Waals surface area contributed by atoms with Crippen LogP contribution in [0.15, 0.2) is 24.3 Å². The highest BCUT2D eigenvalue weighted by Gasteiger charge is 2.33. The Bertz CT molecular complexity index is 605. The number of amides is 2. The molecule has 1 aromatic carbocycles. The van der Waals surface area contributed by atoms with Crippen LogP contribution >= 0.6 is 11.8 Å². The highest BCUT2D eigenvalue weighted by atomic mass is 32.2. The van der Waals surface area contributed by atoms with E-state index in [0.29, 0.717) is 24.5 Å².